The minimum Gasteiger partial charge on any atom is -0.419 e. The Kier molecular flexibility index (Phi) is 2.93. The van der Waals surface area contributed by atoms with E-state index in [1.54, 1.807) is 0 Å². The van der Waals surface area contributed by atoms with Gasteiger partial charge in [-0.1, -0.05) is 23.7 Å². The number of nitrogens with zero attached hydrogens (tertiary/aromatic N) is 2. The highest BCUT2D eigenvalue weighted by Gasteiger charge is 2.12. The molecule has 1 aromatic carbocycles. The Morgan fingerprint density at radius 2 is 2.13 bits per heavy atom. The minimum atomic E-state index is 0.205. The van der Waals surface area contributed by atoms with Gasteiger partial charge >= 0.3 is 0 Å². The summed E-state index contributed by atoms with van der Waals surface area (Å²) < 4.78 is 5.32. The highest BCUT2D eigenvalue weighted by atomic mass is 35.5. The fraction of sp³-hybridized carbons (Fsp3) is 0.200. The molecule has 0 N–H and O–H groups in total. The van der Waals surface area contributed by atoms with Crippen molar-refractivity contribution in [2.45, 2.75) is 12.8 Å². The topological polar surface area (TPSA) is 38.9 Å². The molecule has 3 nitrogen and oxygen atoms in total. The van der Waals surface area contributed by atoms with Crippen LogP contribution >= 0.6 is 23.2 Å². The molecular weight excluding hydrogens is 235 g/mol. The van der Waals surface area contributed by atoms with Crippen molar-refractivity contribution in [3.8, 4) is 11.5 Å². The number of hydrogen-bond donors (Lipinski definition) is 0. The molecule has 1 aromatic heterocycles. The average Bonchev–Trinajstić information content (AvgIpc) is 2.70. The second kappa shape index (κ2) is 4.21. The molecule has 0 radical (unpaired) electrons. The van der Waals surface area contributed by atoms with E-state index in [9.17, 15) is 0 Å². The lowest BCUT2D eigenvalue weighted by Gasteiger charge is -2.01. The first kappa shape index (κ1) is 10.5. The Bertz CT molecular complexity index is 482. The van der Waals surface area contributed by atoms with Crippen molar-refractivity contribution in [1.82, 2.24) is 10.2 Å². The molecule has 78 valence electrons. The van der Waals surface area contributed by atoms with Crippen molar-refractivity contribution in [2.24, 2.45) is 0 Å². The van der Waals surface area contributed by atoms with E-state index in [0.29, 0.717) is 16.8 Å². The summed E-state index contributed by atoms with van der Waals surface area (Å²) in [5, 5.41) is 8.28. The predicted molar refractivity (Wildman–Crippen MR) is 59.0 cm³/mol. The normalized spacial score (nSPS) is 10.6. The van der Waals surface area contributed by atoms with Crippen molar-refractivity contribution in [3.63, 3.8) is 0 Å². The van der Waals surface area contributed by atoms with Gasteiger partial charge < -0.3 is 4.42 Å². The number of hydrogen-bond acceptors (Lipinski definition) is 3. The molecule has 0 spiro atoms. The largest absolute Gasteiger partial charge is 0.419 e. The lowest BCUT2D eigenvalue weighted by atomic mass is 10.1. The number of aromatic nitrogens is 2. The van der Waals surface area contributed by atoms with E-state index >= 15 is 0 Å². The second-order valence-corrected chi connectivity index (χ2v) is 3.72. The molecule has 15 heavy (non-hydrogen) atoms. The SMILES string of the molecule is Cc1cccc(-c2nnc(CCl)o2)c1Cl. The summed E-state index contributed by atoms with van der Waals surface area (Å²) in [4.78, 5) is 0. The van der Waals surface area contributed by atoms with Crippen LogP contribution in [0.1, 0.15) is 11.5 Å². The number of aryl methyl sites for hydroxylation is 1. The van der Waals surface area contributed by atoms with Crippen molar-refractivity contribution in [2.75, 3.05) is 0 Å². The maximum Gasteiger partial charge on any atom is 0.249 e. The summed E-state index contributed by atoms with van der Waals surface area (Å²) in [6.45, 7) is 1.92. The van der Waals surface area contributed by atoms with Crippen LogP contribution in [0.15, 0.2) is 22.6 Å². The molecule has 0 aliphatic carbocycles. The van der Waals surface area contributed by atoms with Crippen molar-refractivity contribution in [3.05, 3.63) is 34.7 Å². The summed E-state index contributed by atoms with van der Waals surface area (Å²) in [6, 6.07) is 5.65. The van der Waals surface area contributed by atoms with Gasteiger partial charge in [-0.3, -0.25) is 0 Å². The summed E-state index contributed by atoms with van der Waals surface area (Å²) in [5.74, 6) is 1.000. The maximum atomic E-state index is 6.12. The van der Waals surface area contributed by atoms with Gasteiger partial charge in [-0.15, -0.1) is 21.8 Å². The Morgan fingerprint density at radius 3 is 2.80 bits per heavy atom. The smallest absolute Gasteiger partial charge is 0.249 e. The molecule has 0 aliphatic rings. The van der Waals surface area contributed by atoms with Crippen LogP contribution in [0, 0.1) is 6.92 Å². The Morgan fingerprint density at radius 1 is 1.33 bits per heavy atom. The van der Waals surface area contributed by atoms with E-state index in [1.807, 2.05) is 25.1 Å². The van der Waals surface area contributed by atoms with Crippen LogP contribution in [0.25, 0.3) is 11.5 Å². The van der Waals surface area contributed by atoms with Gasteiger partial charge in [-0.2, -0.15) is 0 Å². The molecule has 0 atom stereocenters. The molecular formula is C10H8Cl2N2O. The van der Waals surface area contributed by atoms with Crippen LogP contribution in [0.3, 0.4) is 0 Å². The van der Waals surface area contributed by atoms with Crippen molar-refractivity contribution >= 4 is 23.2 Å². The van der Waals surface area contributed by atoms with E-state index < -0.39 is 0 Å². The third-order valence-corrected chi connectivity index (χ3v) is 2.73. The van der Waals surface area contributed by atoms with Crippen LogP contribution in [0.4, 0.5) is 0 Å². The second-order valence-electron chi connectivity index (χ2n) is 3.07. The van der Waals surface area contributed by atoms with Gasteiger partial charge in [0.15, 0.2) is 0 Å². The van der Waals surface area contributed by atoms with Gasteiger partial charge in [-0.05, 0) is 18.6 Å². The first-order chi connectivity index (χ1) is 7.22. The van der Waals surface area contributed by atoms with Crippen LogP contribution in [-0.4, -0.2) is 10.2 Å². The third kappa shape index (κ3) is 1.98. The molecule has 0 amide bonds. The summed E-state index contributed by atoms with van der Waals surface area (Å²) in [6.07, 6.45) is 0. The van der Waals surface area contributed by atoms with Crippen molar-refractivity contribution < 1.29 is 4.42 Å². The predicted octanol–water partition coefficient (Wildman–Crippen LogP) is 3.44. The zero-order chi connectivity index (χ0) is 10.8. The van der Waals surface area contributed by atoms with E-state index in [1.165, 1.54) is 0 Å². The number of benzene rings is 1. The third-order valence-electron chi connectivity index (χ3n) is 2.00. The zero-order valence-electron chi connectivity index (χ0n) is 8.00. The van der Waals surface area contributed by atoms with Crippen LogP contribution in [-0.2, 0) is 5.88 Å². The van der Waals surface area contributed by atoms with E-state index in [4.69, 9.17) is 27.6 Å². The van der Waals surface area contributed by atoms with Gasteiger partial charge in [0, 0.05) is 0 Å². The van der Waals surface area contributed by atoms with E-state index in [2.05, 4.69) is 10.2 Å². The molecule has 2 aromatic rings. The summed E-state index contributed by atoms with van der Waals surface area (Å²) in [7, 11) is 0. The Hall–Kier alpha value is -1.06. The van der Waals surface area contributed by atoms with Gasteiger partial charge in [0.25, 0.3) is 0 Å². The van der Waals surface area contributed by atoms with Gasteiger partial charge in [0.2, 0.25) is 11.8 Å². The number of halogens is 2. The van der Waals surface area contributed by atoms with Crippen LogP contribution in [0.5, 0.6) is 0 Å². The first-order valence-electron chi connectivity index (χ1n) is 4.36. The molecule has 0 saturated heterocycles. The van der Waals surface area contributed by atoms with Gasteiger partial charge in [0.1, 0.15) is 5.88 Å². The molecule has 2 rings (SSSR count). The first-order valence-corrected chi connectivity index (χ1v) is 5.27. The Balaban J connectivity index is 2.49. The van der Waals surface area contributed by atoms with Crippen molar-refractivity contribution in [1.29, 1.82) is 0 Å². The lowest BCUT2D eigenvalue weighted by Crippen LogP contribution is -1.82. The zero-order valence-corrected chi connectivity index (χ0v) is 9.51. The fourth-order valence-electron chi connectivity index (χ4n) is 1.23. The van der Waals surface area contributed by atoms with Gasteiger partial charge in [0.05, 0.1) is 10.6 Å². The molecule has 0 bridgehead atoms. The van der Waals surface area contributed by atoms with Crippen LogP contribution < -0.4 is 0 Å². The average molecular weight is 243 g/mol. The molecule has 0 unspecified atom stereocenters. The van der Waals surface area contributed by atoms with Gasteiger partial charge in [-0.25, -0.2) is 0 Å². The quantitative estimate of drug-likeness (QED) is 0.758. The highest BCUT2D eigenvalue weighted by Crippen LogP contribution is 2.29. The summed E-state index contributed by atoms with van der Waals surface area (Å²) in [5.41, 5.74) is 1.71. The molecule has 1 heterocycles. The Labute approximate surface area is 97.0 Å². The molecule has 0 aliphatic heterocycles. The number of rotatable bonds is 2. The van der Waals surface area contributed by atoms with E-state index in [0.717, 1.165) is 11.1 Å². The summed E-state index contributed by atoms with van der Waals surface area (Å²) >= 11 is 11.7. The van der Waals surface area contributed by atoms with Crippen LogP contribution in [0.2, 0.25) is 5.02 Å². The minimum absolute atomic E-state index is 0.205. The maximum absolute atomic E-state index is 6.12. The highest BCUT2D eigenvalue weighted by molar-refractivity contribution is 6.33. The molecule has 0 fully saturated rings. The monoisotopic (exact) mass is 242 g/mol. The molecule has 0 saturated carbocycles. The number of alkyl halides is 1. The lowest BCUT2D eigenvalue weighted by molar-refractivity contribution is 0.527. The fourth-order valence-corrected chi connectivity index (χ4v) is 1.54. The molecule has 5 heteroatoms. The standard InChI is InChI=1S/C10H8Cl2N2O/c1-6-3-2-4-7(9(6)12)10-14-13-8(5-11)15-10/h2-4H,5H2,1H3. The van der Waals surface area contributed by atoms with E-state index in [-0.39, 0.29) is 5.88 Å².